The average Bonchev–Trinajstić information content (AvgIpc) is 2.61. The second-order valence-electron chi connectivity index (χ2n) is 6.08. The molecule has 1 fully saturated rings. The van der Waals surface area contributed by atoms with Gasteiger partial charge >= 0.3 is 5.97 Å². The third-order valence-corrected chi connectivity index (χ3v) is 4.92. The topological polar surface area (TPSA) is 86.7 Å². The third kappa shape index (κ3) is 7.17. The van der Waals surface area contributed by atoms with Crippen molar-refractivity contribution in [3.8, 4) is 0 Å². The smallest absolute Gasteiger partial charge is 0.303 e. The predicted octanol–water partition coefficient (Wildman–Crippen LogP) is 2.39. The van der Waals surface area contributed by atoms with Crippen molar-refractivity contribution in [1.82, 2.24) is 4.90 Å². The molecule has 0 unspecified atom stereocenters. The number of thioether (sulfide) groups is 1. The molecule has 7 heteroatoms. The summed E-state index contributed by atoms with van der Waals surface area (Å²) in [7, 11) is 0. The van der Waals surface area contributed by atoms with Gasteiger partial charge in [-0.05, 0) is 43.4 Å². The highest BCUT2D eigenvalue weighted by atomic mass is 32.2. The number of amides is 2. The van der Waals surface area contributed by atoms with Gasteiger partial charge in [0.15, 0.2) is 0 Å². The number of carboxylic acid groups (broad SMARTS) is 1. The zero-order chi connectivity index (χ0) is 18.1. The fourth-order valence-electron chi connectivity index (χ4n) is 2.72. The molecule has 136 valence electrons. The van der Waals surface area contributed by atoms with Gasteiger partial charge in [-0.2, -0.15) is 0 Å². The van der Waals surface area contributed by atoms with E-state index in [1.54, 1.807) is 18.2 Å². The first-order valence-corrected chi connectivity index (χ1v) is 9.66. The molecule has 0 radical (unpaired) electrons. The van der Waals surface area contributed by atoms with E-state index >= 15 is 0 Å². The maximum absolute atomic E-state index is 12.0. The molecule has 1 aromatic carbocycles. The summed E-state index contributed by atoms with van der Waals surface area (Å²) in [6.07, 6.45) is 3.80. The lowest BCUT2D eigenvalue weighted by atomic mass is 10.1. The Morgan fingerprint density at radius 3 is 2.60 bits per heavy atom. The molecule has 2 rings (SSSR count). The maximum atomic E-state index is 12.0. The molecule has 0 aliphatic carbocycles. The monoisotopic (exact) mass is 364 g/mol. The molecule has 25 heavy (non-hydrogen) atoms. The summed E-state index contributed by atoms with van der Waals surface area (Å²) >= 11 is 1.32. The summed E-state index contributed by atoms with van der Waals surface area (Å²) in [4.78, 5) is 36.5. The van der Waals surface area contributed by atoms with E-state index in [2.05, 4.69) is 5.32 Å². The molecule has 0 saturated carbocycles. The molecule has 6 nitrogen and oxygen atoms in total. The lowest BCUT2D eigenvalue weighted by Crippen LogP contribution is -2.37. The number of anilines is 1. The first-order chi connectivity index (χ1) is 12.0. The Morgan fingerprint density at radius 2 is 1.88 bits per heavy atom. The van der Waals surface area contributed by atoms with Gasteiger partial charge in [0, 0.05) is 25.2 Å². The molecule has 0 bridgehead atoms. The Hall–Kier alpha value is -2.02. The van der Waals surface area contributed by atoms with Crippen molar-refractivity contribution in [3.05, 3.63) is 29.8 Å². The Balaban J connectivity index is 1.71. The number of aryl methyl sites for hydroxylation is 1. The van der Waals surface area contributed by atoms with E-state index in [1.807, 2.05) is 11.0 Å². The molecule has 1 aliphatic heterocycles. The molecular weight excluding hydrogens is 340 g/mol. The van der Waals surface area contributed by atoms with Crippen LogP contribution in [0.15, 0.2) is 24.3 Å². The van der Waals surface area contributed by atoms with Gasteiger partial charge in [0.1, 0.15) is 0 Å². The van der Waals surface area contributed by atoms with E-state index in [0.717, 1.165) is 31.5 Å². The second kappa shape index (κ2) is 10.1. The van der Waals surface area contributed by atoms with Gasteiger partial charge in [0.25, 0.3) is 0 Å². The molecule has 1 saturated heterocycles. The second-order valence-corrected chi connectivity index (χ2v) is 7.06. The highest BCUT2D eigenvalue weighted by Crippen LogP contribution is 2.14. The molecule has 1 heterocycles. The van der Waals surface area contributed by atoms with Gasteiger partial charge in [-0.15, -0.1) is 11.8 Å². The number of nitrogens with zero attached hydrogens (tertiary/aromatic N) is 1. The van der Waals surface area contributed by atoms with Crippen LogP contribution in [0.4, 0.5) is 5.69 Å². The Morgan fingerprint density at radius 1 is 1.12 bits per heavy atom. The third-order valence-electron chi connectivity index (χ3n) is 4.01. The fraction of sp³-hybridized carbons (Fsp3) is 0.500. The summed E-state index contributed by atoms with van der Waals surface area (Å²) < 4.78 is 0. The summed E-state index contributed by atoms with van der Waals surface area (Å²) in [5.74, 6) is -0.352. The molecule has 1 aromatic rings. The maximum Gasteiger partial charge on any atom is 0.303 e. The SMILES string of the molecule is O=C(O)CCc1cccc(NC(=O)CSCC(=O)N2CCCCC2)c1. The fourth-order valence-corrected chi connectivity index (χ4v) is 3.44. The van der Waals surface area contributed by atoms with Crippen molar-refractivity contribution in [3.63, 3.8) is 0 Å². The lowest BCUT2D eigenvalue weighted by Gasteiger charge is -2.26. The quantitative estimate of drug-likeness (QED) is 0.740. The van der Waals surface area contributed by atoms with Crippen molar-refractivity contribution in [1.29, 1.82) is 0 Å². The predicted molar refractivity (Wildman–Crippen MR) is 98.8 cm³/mol. The summed E-state index contributed by atoms with van der Waals surface area (Å²) in [6, 6.07) is 7.18. The molecule has 2 N–H and O–H groups in total. The number of aliphatic carboxylic acids is 1. The van der Waals surface area contributed by atoms with Gasteiger partial charge in [0.05, 0.1) is 11.5 Å². The van der Waals surface area contributed by atoms with Crippen LogP contribution in [-0.2, 0) is 20.8 Å². The van der Waals surface area contributed by atoms with Crippen molar-refractivity contribution in [2.75, 3.05) is 29.9 Å². The van der Waals surface area contributed by atoms with Gasteiger partial charge in [-0.25, -0.2) is 0 Å². The number of rotatable bonds is 8. The lowest BCUT2D eigenvalue weighted by molar-refractivity contribution is -0.137. The van der Waals surface area contributed by atoms with Crippen LogP contribution >= 0.6 is 11.8 Å². The van der Waals surface area contributed by atoms with Crippen molar-refractivity contribution < 1.29 is 19.5 Å². The first-order valence-electron chi connectivity index (χ1n) is 8.50. The number of hydrogen-bond acceptors (Lipinski definition) is 4. The largest absolute Gasteiger partial charge is 0.481 e. The Kier molecular flexibility index (Phi) is 7.78. The van der Waals surface area contributed by atoms with E-state index in [-0.39, 0.29) is 24.0 Å². The van der Waals surface area contributed by atoms with Crippen LogP contribution in [0.5, 0.6) is 0 Å². The standard InChI is InChI=1S/C18H24N2O4S/c21-16(12-25-13-17(22)20-9-2-1-3-10-20)19-15-6-4-5-14(11-15)7-8-18(23)24/h4-6,11H,1-3,7-10,12-13H2,(H,19,21)(H,23,24). The van der Waals surface area contributed by atoms with Crippen LogP contribution in [0.2, 0.25) is 0 Å². The number of carboxylic acids is 1. The van der Waals surface area contributed by atoms with E-state index in [1.165, 1.54) is 18.2 Å². The highest BCUT2D eigenvalue weighted by molar-refractivity contribution is 8.00. The van der Waals surface area contributed by atoms with Crippen LogP contribution in [0.3, 0.4) is 0 Å². The van der Waals surface area contributed by atoms with Crippen LogP contribution in [0.25, 0.3) is 0 Å². The number of likely N-dealkylation sites (tertiary alicyclic amines) is 1. The van der Waals surface area contributed by atoms with E-state index in [0.29, 0.717) is 17.9 Å². The normalized spacial score (nSPS) is 14.2. The van der Waals surface area contributed by atoms with E-state index < -0.39 is 5.97 Å². The van der Waals surface area contributed by atoms with Crippen LogP contribution < -0.4 is 5.32 Å². The van der Waals surface area contributed by atoms with Crippen LogP contribution in [0.1, 0.15) is 31.2 Å². The van der Waals surface area contributed by atoms with Gasteiger partial charge < -0.3 is 15.3 Å². The van der Waals surface area contributed by atoms with Gasteiger partial charge in [0.2, 0.25) is 11.8 Å². The molecular formula is C18H24N2O4S. The molecule has 0 aromatic heterocycles. The highest BCUT2D eigenvalue weighted by Gasteiger charge is 2.16. The van der Waals surface area contributed by atoms with Crippen molar-refractivity contribution in [2.45, 2.75) is 32.1 Å². The Bertz CT molecular complexity index is 615. The van der Waals surface area contributed by atoms with Crippen molar-refractivity contribution in [2.24, 2.45) is 0 Å². The first kappa shape index (κ1) is 19.3. The minimum atomic E-state index is -0.843. The minimum absolute atomic E-state index is 0.0614. The van der Waals surface area contributed by atoms with Crippen molar-refractivity contribution >= 4 is 35.2 Å². The summed E-state index contributed by atoms with van der Waals surface area (Å²) in [5.41, 5.74) is 1.52. The van der Waals surface area contributed by atoms with Crippen LogP contribution in [0, 0.1) is 0 Å². The summed E-state index contributed by atoms with van der Waals surface area (Å²) in [5, 5.41) is 11.5. The van der Waals surface area contributed by atoms with E-state index in [4.69, 9.17) is 5.11 Å². The minimum Gasteiger partial charge on any atom is -0.481 e. The van der Waals surface area contributed by atoms with Gasteiger partial charge in [-0.3, -0.25) is 14.4 Å². The molecule has 1 aliphatic rings. The zero-order valence-corrected chi connectivity index (χ0v) is 15.0. The number of carbonyl (C=O) groups excluding carboxylic acids is 2. The zero-order valence-electron chi connectivity index (χ0n) is 14.2. The Labute approximate surface area is 152 Å². The van der Waals surface area contributed by atoms with Crippen LogP contribution in [-0.4, -0.2) is 52.4 Å². The molecule has 0 spiro atoms. The summed E-state index contributed by atoms with van der Waals surface area (Å²) in [6.45, 7) is 1.66. The average molecular weight is 364 g/mol. The molecule has 0 atom stereocenters. The van der Waals surface area contributed by atoms with Gasteiger partial charge in [-0.1, -0.05) is 12.1 Å². The molecule has 2 amide bonds. The number of nitrogens with one attached hydrogen (secondary N) is 1. The number of hydrogen-bond donors (Lipinski definition) is 2. The number of carbonyl (C=O) groups is 3. The van der Waals surface area contributed by atoms with E-state index in [9.17, 15) is 14.4 Å². The number of piperidine rings is 1. The number of benzene rings is 1.